The molecular weight excluding hydrogens is 198 g/mol. The fourth-order valence-corrected chi connectivity index (χ4v) is 1.79. The molecule has 0 unspecified atom stereocenters. The first-order valence-corrected chi connectivity index (χ1v) is 5.65. The lowest BCUT2D eigenvalue weighted by atomic mass is 10.1. The zero-order valence-corrected chi connectivity index (χ0v) is 9.53. The third-order valence-corrected chi connectivity index (χ3v) is 2.70. The molecule has 0 atom stereocenters. The molecule has 2 aromatic rings. The number of aromatic nitrogens is 2. The minimum Gasteiger partial charge on any atom is -0.308 e. The fraction of sp³-hybridized carbons (Fsp3) is 0.308. The van der Waals surface area contributed by atoms with Crippen molar-refractivity contribution in [2.24, 2.45) is 0 Å². The van der Waals surface area contributed by atoms with Gasteiger partial charge >= 0.3 is 0 Å². The van der Waals surface area contributed by atoms with Crippen LogP contribution in [0.5, 0.6) is 0 Å². The molecule has 1 aromatic carbocycles. The monoisotopic (exact) mass is 215 g/mol. The molecule has 0 amide bonds. The smallest absolute Gasteiger partial charge is 0.0532 e. The Morgan fingerprint density at radius 2 is 2.00 bits per heavy atom. The Bertz CT molecular complexity index is 421. The summed E-state index contributed by atoms with van der Waals surface area (Å²) in [5.74, 6) is 0. The van der Waals surface area contributed by atoms with Crippen LogP contribution < -0.4 is 5.32 Å². The molecule has 0 radical (unpaired) electrons. The number of hydrogen-bond donors (Lipinski definition) is 2. The highest BCUT2D eigenvalue weighted by molar-refractivity contribution is 5.26. The van der Waals surface area contributed by atoms with Crippen molar-refractivity contribution in [3.8, 4) is 0 Å². The van der Waals surface area contributed by atoms with Gasteiger partial charge in [-0.05, 0) is 17.5 Å². The van der Waals surface area contributed by atoms with Crippen LogP contribution in [0.1, 0.15) is 23.6 Å². The van der Waals surface area contributed by atoms with Crippen molar-refractivity contribution in [3.05, 3.63) is 53.3 Å². The number of H-pyrrole nitrogens is 1. The van der Waals surface area contributed by atoms with Crippen molar-refractivity contribution in [3.63, 3.8) is 0 Å². The molecule has 0 aliphatic heterocycles. The molecule has 0 aliphatic carbocycles. The van der Waals surface area contributed by atoms with E-state index >= 15 is 0 Å². The lowest BCUT2D eigenvalue weighted by Crippen LogP contribution is -2.13. The Morgan fingerprint density at radius 1 is 1.19 bits per heavy atom. The van der Waals surface area contributed by atoms with Crippen LogP contribution in [-0.2, 0) is 19.5 Å². The predicted octanol–water partition coefficient (Wildman–Crippen LogP) is 2.26. The highest BCUT2D eigenvalue weighted by Gasteiger charge is 1.99. The molecular formula is C13H17N3. The maximum absolute atomic E-state index is 3.92. The third-order valence-electron chi connectivity index (χ3n) is 2.70. The largest absolute Gasteiger partial charge is 0.308 e. The summed E-state index contributed by atoms with van der Waals surface area (Å²) in [5, 5.41) is 10.1. The highest BCUT2D eigenvalue weighted by Crippen LogP contribution is 2.09. The summed E-state index contributed by atoms with van der Waals surface area (Å²) in [6.07, 6.45) is 4.85. The Kier molecular flexibility index (Phi) is 3.72. The van der Waals surface area contributed by atoms with Crippen LogP contribution in [0.2, 0.25) is 0 Å². The number of aryl methyl sites for hydroxylation is 1. The molecule has 3 heteroatoms. The van der Waals surface area contributed by atoms with Crippen LogP contribution >= 0.6 is 0 Å². The molecule has 3 nitrogen and oxygen atoms in total. The number of aromatic amines is 1. The lowest BCUT2D eigenvalue weighted by Gasteiger charge is -2.08. The Balaban J connectivity index is 1.89. The molecule has 1 aromatic heterocycles. The van der Waals surface area contributed by atoms with E-state index in [1.807, 2.05) is 12.4 Å². The molecule has 0 saturated carbocycles. The molecule has 0 fully saturated rings. The van der Waals surface area contributed by atoms with Crippen molar-refractivity contribution < 1.29 is 0 Å². The van der Waals surface area contributed by atoms with Crippen molar-refractivity contribution in [1.82, 2.24) is 15.5 Å². The van der Waals surface area contributed by atoms with E-state index in [1.54, 1.807) is 0 Å². The van der Waals surface area contributed by atoms with Crippen LogP contribution in [0.3, 0.4) is 0 Å². The summed E-state index contributed by atoms with van der Waals surface area (Å²) in [6, 6.07) is 8.56. The normalized spacial score (nSPS) is 10.6. The summed E-state index contributed by atoms with van der Waals surface area (Å²) >= 11 is 0. The van der Waals surface area contributed by atoms with Gasteiger partial charge in [0.1, 0.15) is 0 Å². The highest BCUT2D eigenvalue weighted by atomic mass is 15.1. The van der Waals surface area contributed by atoms with Gasteiger partial charge in [-0.25, -0.2) is 0 Å². The summed E-state index contributed by atoms with van der Waals surface area (Å²) in [6.45, 7) is 3.96. The average Bonchev–Trinajstić information content (AvgIpc) is 2.83. The number of rotatable bonds is 5. The van der Waals surface area contributed by atoms with Crippen molar-refractivity contribution in [1.29, 1.82) is 0 Å². The Hall–Kier alpha value is -1.61. The van der Waals surface area contributed by atoms with Crippen LogP contribution in [0, 0.1) is 0 Å². The molecule has 0 aliphatic rings. The lowest BCUT2D eigenvalue weighted by molar-refractivity contribution is 0.688. The van der Waals surface area contributed by atoms with Crippen LogP contribution in [0.4, 0.5) is 0 Å². The van der Waals surface area contributed by atoms with E-state index in [1.165, 1.54) is 16.7 Å². The van der Waals surface area contributed by atoms with Crippen LogP contribution in [0.25, 0.3) is 0 Å². The number of benzene rings is 1. The van der Waals surface area contributed by atoms with Gasteiger partial charge in [0.15, 0.2) is 0 Å². The molecule has 2 N–H and O–H groups in total. The van der Waals surface area contributed by atoms with Gasteiger partial charge in [0.2, 0.25) is 0 Å². The minimum absolute atomic E-state index is 0.856. The topological polar surface area (TPSA) is 40.7 Å². The first-order valence-electron chi connectivity index (χ1n) is 5.65. The van der Waals surface area contributed by atoms with E-state index in [4.69, 9.17) is 0 Å². The predicted molar refractivity (Wildman–Crippen MR) is 65.0 cm³/mol. The maximum Gasteiger partial charge on any atom is 0.0532 e. The van der Waals surface area contributed by atoms with Gasteiger partial charge in [-0.15, -0.1) is 0 Å². The van der Waals surface area contributed by atoms with Crippen LogP contribution in [0.15, 0.2) is 36.7 Å². The quantitative estimate of drug-likeness (QED) is 0.803. The van der Waals surface area contributed by atoms with Crippen molar-refractivity contribution in [2.45, 2.75) is 26.4 Å². The van der Waals surface area contributed by atoms with Crippen LogP contribution in [-0.4, -0.2) is 10.2 Å². The molecule has 1 heterocycles. The third kappa shape index (κ3) is 2.70. The number of hydrogen-bond acceptors (Lipinski definition) is 2. The van der Waals surface area contributed by atoms with E-state index in [2.05, 4.69) is 46.7 Å². The van der Waals surface area contributed by atoms with Gasteiger partial charge in [-0.2, -0.15) is 5.10 Å². The number of nitrogens with one attached hydrogen (secondary N) is 2. The number of nitrogens with zero attached hydrogens (tertiary/aromatic N) is 1. The summed E-state index contributed by atoms with van der Waals surface area (Å²) in [4.78, 5) is 0. The zero-order chi connectivity index (χ0) is 11.2. The van der Waals surface area contributed by atoms with Gasteiger partial charge in [0, 0.05) is 24.8 Å². The second-order valence-electron chi connectivity index (χ2n) is 3.83. The second kappa shape index (κ2) is 5.47. The van der Waals surface area contributed by atoms with E-state index in [-0.39, 0.29) is 0 Å². The maximum atomic E-state index is 3.92. The second-order valence-corrected chi connectivity index (χ2v) is 3.83. The molecule has 0 bridgehead atoms. The van der Waals surface area contributed by atoms with Gasteiger partial charge < -0.3 is 5.32 Å². The molecule has 0 saturated heterocycles. The minimum atomic E-state index is 0.856. The fourth-order valence-electron chi connectivity index (χ4n) is 1.79. The van der Waals surface area contributed by atoms with Crippen molar-refractivity contribution >= 4 is 0 Å². The molecule has 2 rings (SSSR count). The first kappa shape index (κ1) is 10.9. The summed E-state index contributed by atoms with van der Waals surface area (Å²) in [5.41, 5.74) is 3.99. The summed E-state index contributed by atoms with van der Waals surface area (Å²) < 4.78 is 0. The molecule has 84 valence electrons. The standard InChI is InChI=1S/C13H17N3/c1-2-12-5-3-4-6-13(12)10-14-7-11-8-15-16-9-11/h3-6,8-9,14H,2,7,10H2,1H3,(H,15,16). The average molecular weight is 215 g/mol. The molecule has 16 heavy (non-hydrogen) atoms. The Morgan fingerprint density at radius 3 is 2.69 bits per heavy atom. The van der Waals surface area contributed by atoms with E-state index in [0.717, 1.165) is 19.5 Å². The van der Waals surface area contributed by atoms with Gasteiger partial charge in [-0.1, -0.05) is 31.2 Å². The first-order chi connectivity index (χ1) is 7.90. The van der Waals surface area contributed by atoms with Gasteiger partial charge in [-0.3, -0.25) is 5.10 Å². The van der Waals surface area contributed by atoms with E-state index < -0.39 is 0 Å². The van der Waals surface area contributed by atoms with Crippen molar-refractivity contribution in [2.75, 3.05) is 0 Å². The summed E-state index contributed by atoms with van der Waals surface area (Å²) in [7, 11) is 0. The van der Waals surface area contributed by atoms with Gasteiger partial charge in [0.25, 0.3) is 0 Å². The van der Waals surface area contributed by atoms with E-state index in [0.29, 0.717) is 0 Å². The Labute approximate surface area is 95.9 Å². The van der Waals surface area contributed by atoms with E-state index in [9.17, 15) is 0 Å². The molecule has 0 spiro atoms. The SMILES string of the molecule is CCc1ccccc1CNCc1cn[nH]c1. The zero-order valence-electron chi connectivity index (χ0n) is 9.53. The van der Waals surface area contributed by atoms with Gasteiger partial charge in [0.05, 0.1) is 6.20 Å².